The molecule has 1 heterocycles. The minimum atomic E-state index is 1.07. The monoisotopic (exact) mass is 147 g/mol. The highest BCUT2D eigenvalue weighted by Crippen LogP contribution is 2.15. The van der Waals surface area contributed by atoms with E-state index in [4.69, 9.17) is 0 Å². The molecule has 0 bridgehead atoms. The first-order valence-electron chi connectivity index (χ1n) is 3.94. The fraction of sp³-hybridized carbons (Fsp3) is 0.300. The number of rotatable bonds is 2. The van der Waals surface area contributed by atoms with Gasteiger partial charge in [0.15, 0.2) is 0 Å². The van der Waals surface area contributed by atoms with Crippen molar-refractivity contribution in [2.45, 2.75) is 20.3 Å². The largest absolute Gasteiger partial charge is 0.264 e. The van der Waals surface area contributed by atoms with Gasteiger partial charge in [-0.1, -0.05) is 19.1 Å². The Balaban J connectivity index is 2.92. The van der Waals surface area contributed by atoms with Crippen LogP contribution in [0.1, 0.15) is 25.8 Å². The second-order valence-corrected chi connectivity index (χ2v) is 2.41. The van der Waals surface area contributed by atoms with Gasteiger partial charge in [-0.25, -0.2) is 0 Å². The van der Waals surface area contributed by atoms with E-state index >= 15 is 0 Å². The minimum Gasteiger partial charge on any atom is -0.264 e. The van der Waals surface area contributed by atoms with E-state index in [0.717, 1.165) is 6.42 Å². The molecular weight excluding hydrogens is 134 g/mol. The quantitative estimate of drug-likeness (QED) is 0.626. The molecule has 0 amide bonds. The summed E-state index contributed by atoms with van der Waals surface area (Å²) in [5, 5.41) is 0. The third kappa shape index (κ3) is 1.90. The Kier molecular flexibility index (Phi) is 2.84. The second-order valence-electron chi connectivity index (χ2n) is 2.41. The van der Waals surface area contributed by atoms with Crippen LogP contribution in [0.2, 0.25) is 0 Å². The highest BCUT2D eigenvalue weighted by Gasteiger charge is 1.94. The molecule has 1 nitrogen and oxygen atoms in total. The van der Waals surface area contributed by atoms with Gasteiger partial charge in [0.1, 0.15) is 0 Å². The van der Waals surface area contributed by atoms with Crippen molar-refractivity contribution in [3.8, 4) is 0 Å². The maximum atomic E-state index is 4.06. The van der Waals surface area contributed by atoms with Gasteiger partial charge < -0.3 is 0 Å². The van der Waals surface area contributed by atoms with Gasteiger partial charge in [-0.2, -0.15) is 0 Å². The number of allylic oxidation sites excluding steroid dienone is 2. The number of pyridine rings is 1. The third-order valence-corrected chi connectivity index (χ3v) is 1.76. The summed E-state index contributed by atoms with van der Waals surface area (Å²) < 4.78 is 0. The van der Waals surface area contributed by atoms with Crippen LogP contribution in [0.4, 0.5) is 0 Å². The van der Waals surface area contributed by atoms with E-state index < -0.39 is 0 Å². The van der Waals surface area contributed by atoms with Gasteiger partial charge in [-0.3, -0.25) is 4.98 Å². The SMILES string of the molecule is C/C=C(/CC)c1cccnc1. The highest BCUT2D eigenvalue weighted by atomic mass is 14.6. The zero-order valence-corrected chi connectivity index (χ0v) is 7.04. The van der Waals surface area contributed by atoms with Crippen molar-refractivity contribution < 1.29 is 0 Å². The van der Waals surface area contributed by atoms with Gasteiger partial charge >= 0.3 is 0 Å². The van der Waals surface area contributed by atoms with E-state index in [9.17, 15) is 0 Å². The average Bonchev–Trinajstić information content (AvgIpc) is 2.09. The Morgan fingerprint density at radius 3 is 2.91 bits per heavy atom. The Labute approximate surface area is 67.8 Å². The molecule has 1 aromatic rings. The summed E-state index contributed by atoms with van der Waals surface area (Å²) in [6, 6.07) is 4.06. The fourth-order valence-electron chi connectivity index (χ4n) is 1.13. The van der Waals surface area contributed by atoms with Crippen molar-refractivity contribution in [1.29, 1.82) is 0 Å². The normalized spacial score (nSPS) is 11.6. The molecule has 0 N–H and O–H groups in total. The fourth-order valence-corrected chi connectivity index (χ4v) is 1.13. The van der Waals surface area contributed by atoms with Gasteiger partial charge in [0.05, 0.1) is 0 Å². The van der Waals surface area contributed by atoms with Crippen molar-refractivity contribution in [3.05, 3.63) is 36.2 Å². The van der Waals surface area contributed by atoms with Crippen LogP contribution >= 0.6 is 0 Å². The highest BCUT2D eigenvalue weighted by molar-refractivity contribution is 5.63. The van der Waals surface area contributed by atoms with Gasteiger partial charge in [0.2, 0.25) is 0 Å². The molecular formula is C10H13N. The average molecular weight is 147 g/mol. The van der Waals surface area contributed by atoms with E-state index in [1.807, 2.05) is 12.3 Å². The van der Waals surface area contributed by atoms with Gasteiger partial charge in [-0.15, -0.1) is 0 Å². The molecule has 0 aromatic carbocycles. The van der Waals surface area contributed by atoms with Crippen LogP contribution in [-0.4, -0.2) is 4.98 Å². The maximum absolute atomic E-state index is 4.06. The number of hydrogen-bond donors (Lipinski definition) is 0. The summed E-state index contributed by atoms with van der Waals surface area (Å²) in [4.78, 5) is 4.06. The lowest BCUT2D eigenvalue weighted by Gasteiger charge is -2.01. The van der Waals surface area contributed by atoms with Crippen molar-refractivity contribution in [2.75, 3.05) is 0 Å². The molecule has 0 spiro atoms. The number of hydrogen-bond acceptors (Lipinski definition) is 1. The van der Waals surface area contributed by atoms with Crippen molar-refractivity contribution in [3.63, 3.8) is 0 Å². The summed E-state index contributed by atoms with van der Waals surface area (Å²) in [5.74, 6) is 0. The van der Waals surface area contributed by atoms with E-state index in [0.29, 0.717) is 0 Å². The molecule has 0 aliphatic heterocycles. The summed E-state index contributed by atoms with van der Waals surface area (Å²) >= 11 is 0. The summed E-state index contributed by atoms with van der Waals surface area (Å²) in [6.45, 7) is 4.22. The zero-order chi connectivity index (χ0) is 8.10. The lowest BCUT2D eigenvalue weighted by atomic mass is 10.1. The first-order valence-corrected chi connectivity index (χ1v) is 3.94. The Morgan fingerprint density at radius 1 is 1.64 bits per heavy atom. The van der Waals surface area contributed by atoms with Gasteiger partial charge in [0, 0.05) is 12.4 Å². The zero-order valence-electron chi connectivity index (χ0n) is 7.04. The molecule has 0 fully saturated rings. The Morgan fingerprint density at radius 2 is 2.45 bits per heavy atom. The molecule has 0 aliphatic rings. The molecule has 0 radical (unpaired) electrons. The predicted molar refractivity (Wildman–Crippen MR) is 48.2 cm³/mol. The van der Waals surface area contributed by atoms with Crippen LogP contribution in [0.15, 0.2) is 30.6 Å². The molecule has 0 saturated carbocycles. The second kappa shape index (κ2) is 3.91. The minimum absolute atomic E-state index is 1.07. The number of aromatic nitrogens is 1. The molecule has 0 saturated heterocycles. The summed E-state index contributed by atoms with van der Waals surface area (Å²) in [7, 11) is 0. The first kappa shape index (κ1) is 7.99. The smallest absolute Gasteiger partial charge is 0.0342 e. The van der Waals surface area contributed by atoms with Crippen LogP contribution in [0.3, 0.4) is 0 Å². The molecule has 11 heavy (non-hydrogen) atoms. The van der Waals surface area contributed by atoms with Gasteiger partial charge in [-0.05, 0) is 30.5 Å². The van der Waals surface area contributed by atoms with Crippen molar-refractivity contribution >= 4 is 5.57 Å². The summed E-state index contributed by atoms with van der Waals surface area (Å²) in [5.41, 5.74) is 2.59. The molecule has 1 aromatic heterocycles. The van der Waals surface area contributed by atoms with E-state index in [1.165, 1.54) is 11.1 Å². The molecule has 0 unspecified atom stereocenters. The van der Waals surface area contributed by atoms with E-state index in [1.54, 1.807) is 6.20 Å². The first-order chi connectivity index (χ1) is 5.38. The number of nitrogens with zero attached hydrogens (tertiary/aromatic N) is 1. The third-order valence-electron chi connectivity index (χ3n) is 1.76. The molecule has 0 aliphatic carbocycles. The van der Waals surface area contributed by atoms with Crippen LogP contribution in [0, 0.1) is 0 Å². The Bertz CT molecular complexity index is 236. The maximum Gasteiger partial charge on any atom is 0.0342 e. The van der Waals surface area contributed by atoms with E-state index in [-0.39, 0.29) is 0 Å². The van der Waals surface area contributed by atoms with Crippen molar-refractivity contribution in [2.24, 2.45) is 0 Å². The van der Waals surface area contributed by atoms with Crippen LogP contribution in [0.5, 0.6) is 0 Å². The summed E-state index contributed by atoms with van der Waals surface area (Å²) in [6.07, 6.45) is 6.91. The van der Waals surface area contributed by atoms with Crippen LogP contribution < -0.4 is 0 Å². The van der Waals surface area contributed by atoms with Gasteiger partial charge in [0.25, 0.3) is 0 Å². The lowest BCUT2D eigenvalue weighted by molar-refractivity contribution is 1.21. The standard InChI is InChI=1S/C10H13N/c1-3-9(4-2)10-6-5-7-11-8-10/h3,5-8H,4H2,1-2H3/b9-3-. The molecule has 1 heteroatoms. The van der Waals surface area contributed by atoms with Crippen LogP contribution in [-0.2, 0) is 0 Å². The lowest BCUT2D eigenvalue weighted by Crippen LogP contribution is -1.82. The Hall–Kier alpha value is -1.11. The van der Waals surface area contributed by atoms with E-state index in [2.05, 4.69) is 31.0 Å². The molecule has 0 atom stereocenters. The van der Waals surface area contributed by atoms with Crippen LogP contribution in [0.25, 0.3) is 5.57 Å². The van der Waals surface area contributed by atoms with Crippen molar-refractivity contribution in [1.82, 2.24) is 4.98 Å². The molecule has 58 valence electrons. The predicted octanol–water partition coefficient (Wildman–Crippen LogP) is 2.89. The topological polar surface area (TPSA) is 12.9 Å². The molecule has 1 rings (SSSR count).